The van der Waals surface area contributed by atoms with Gasteiger partial charge in [-0.25, -0.2) is 8.42 Å². The number of hydrogen-bond acceptors (Lipinski definition) is 5. The van der Waals surface area contributed by atoms with Crippen LogP contribution in [-0.2, 0) is 26.2 Å². The van der Waals surface area contributed by atoms with Crippen molar-refractivity contribution in [2.75, 3.05) is 17.5 Å². The van der Waals surface area contributed by atoms with E-state index in [0.29, 0.717) is 12.4 Å². The molecule has 41 heavy (non-hydrogen) atoms. The van der Waals surface area contributed by atoms with Gasteiger partial charge in [0.15, 0.2) is 0 Å². The number of carbonyl (C=O) groups excluding carboxylic acids is 2. The highest BCUT2D eigenvalue weighted by molar-refractivity contribution is 7.92. The summed E-state index contributed by atoms with van der Waals surface area (Å²) in [7, 11) is -4.16. The number of amides is 2. The van der Waals surface area contributed by atoms with Crippen LogP contribution >= 0.6 is 0 Å². The first kappa shape index (κ1) is 30.1. The number of nitrogens with zero attached hydrogens (tertiary/aromatic N) is 2. The van der Waals surface area contributed by atoms with Crippen LogP contribution in [0, 0.1) is 0 Å². The summed E-state index contributed by atoms with van der Waals surface area (Å²) in [6, 6.07) is 23.4. The minimum absolute atomic E-state index is 0.0526. The molecular weight excluding hydrogens is 538 g/mol. The van der Waals surface area contributed by atoms with Crippen LogP contribution in [0.2, 0.25) is 0 Å². The van der Waals surface area contributed by atoms with Gasteiger partial charge in [0.2, 0.25) is 11.8 Å². The predicted octanol–water partition coefficient (Wildman–Crippen LogP) is 5.15. The average molecular weight is 578 g/mol. The van der Waals surface area contributed by atoms with Crippen LogP contribution in [0.1, 0.15) is 51.5 Å². The second kappa shape index (κ2) is 14.2. The Morgan fingerprint density at radius 1 is 0.902 bits per heavy atom. The molecule has 0 heterocycles. The molecule has 4 rings (SSSR count). The number of ether oxygens (including phenoxy) is 1. The smallest absolute Gasteiger partial charge is 0.264 e. The quantitative estimate of drug-likeness (QED) is 0.321. The van der Waals surface area contributed by atoms with Gasteiger partial charge >= 0.3 is 0 Å². The minimum Gasteiger partial charge on any atom is -0.492 e. The largest absolute Gasteiger partial charge is 0.492 e. The minimum atomic E-state index is -4.16. The number of hydrogen-bond donors (Lipinski definition) is 1. The number of benzene rings is 3. The van der Waals surface area contributed by atoms with Crippen molar-refractivity contribution in [1.29, 1.82) is 0 Å². The van der Waals surface area contributed by atoms with Crippen LogP contribution < -0.4 is 14.4 Å². The molecule has 2 amide bonds. The highest BCUT2D eigenvalue weighted by Crippen LogP contribution is 2.33. The number of sulfonamides is 1. The maximum Gasteiger partial charge on any atom is 0.264 e. The molecular formula is C32H39N3O5S. The van der Waals surface area contributed by atoms with Crippen LogP contribution in [0.5, 0.6) is 5.75 Å². The molecule has 0 radical (unpaired) electrons. The number of anilines is 1. The standard InChI is InChI=1S/C32H39N3O5S/c1-3-40-30-22-14-13-21-29(30)35(41(38,39)28-19-11-6-12-20-28)24-31(36)34(23-26-15-7-4-8-16-26)25(2)32(37)33-27-17-9-5-10-18-27/h4,6-8,11-16,19-22,25,27H,3,5,9-10,17-18,23-24H2,1-2H3,(H,33,37). The van der Waals surface area contributed by atoms with Crippen molar-refractivity contribution < 1.29 is 22.7 Å². The lowest BCUT2D eigenvalue weighted by Crippen LogP contribution is -2.53. The third-order valence-corrected chi connectivity index (χ3v) is 9.13. The highest BCUT2D eigenvalue weighted by atomic mass is 32.2. The molecule has 1 saturated carbocycles. The molecule has 0 bridgehead atoms. The van der Waals surface area contributed by atoms with Crippen LogP contribution in [0.25, 0.3) is 0 Å². The summed E-state index contributed by atoms with van der Waals surface area (Å²) in [5, 5.41) is 3.12. The van der Waals surface area contributed by atoms with Gasteiger partial charge in [-0.15, -0.1) is 0 Å². The van der Waals surface area contributed by atoms with E-state index in [2.05, 4.69) is 5.32 Å². The van der Waals surface area contributed by atoms with Gasteiger partial charge in [0.25, 0.3) is 10.0 Å². The molecule has 8 nitrogen and oxygen atoms in total. The van der Waals surface area contributed by atoms with E-state index < -0.39 is 28.5 Å². The van der Waals surface area contributed by atoms with Crippen LogP contribution in [0.15, 0.2) is 89.8 Å². The van der Waals surface area contributed by atoms with E-state index in [0.717, 1.165) is 42.0 Å². The Morgan fingerprint density at radius 3 is 2.17 bits per heavy atom. The molecule has 1 unspecified atom stereocenters. The summed E-state index contributed by atoms with van der Waals surface area (Å²) in [5.41, 5.74) is 1.09. The molecule has 1 atom stereocenters. The second-order valence-electron chi connectivity index (χ2n) is 10.3. The van der Waals surface area contributed by atoms with E-state index >= 15 is 0 Å². The molecule has 0 aliphatic heterocycles. The van der Waals surface area contributed by atoms with Crippen molar-refractivity contribution >= 4 is 27.5 Å². The van der Waals surface area contributed by atoms with Gasteiger partial charge in [-0.1, -0.05) is 79.9 Å². The third-order valence-electron chi connectivity index (χ3n) is 7.36. The predicted molar refractivity (Wildman–Crippen MR) is 160 cm³/mol. The van der Waals surface area contributed by atoms with E-state index in [1.54, 1.807) is 49.4 Å². The zero-order valence-electron chi connectivity index (χ0n) is 23.7. The fourth-order valence-electron chi connectivity index (χ4n) is 5.11. The van der Waals surface area contributed by atoms with Gasteiger partial charge in [0.05, 0.1) is 17.2 Å². The number of para-hydroxylation sites is 2. The van der Waals surface area contributed by atoms with Crippen molar-refractivity contribution in [2.24, 2.45) is 0 Å². The first-order chi connectivity index (χ1) is 19.8. The van der Waals surface area contributed by atoms with Gasteiger partial charge < -0.3 is 15.0 Å². The summed E-state index contributed by atoms with van der Waals surface area (Å²) >= 11 is 0. The second-order valence-corrected chi connectivity index (χ2v) is 12.1. The molecule has 9 heteroatoms. The number of nitrogens with one attached hydrogen (secondary N) is 1. The van der Waals surface area contributed by atoms with Gasteiger partial charge in [-0.05, 0) is 56.5 Å². The fourth-order valence-corrected chi connectivity index (χ4v) is 6.55. The summed E-state index contributed by atoms with van der Waals surface area (Å²) < 4.78 is 34.8. The molecule has 0 spiro atoms. The van der Waals surface area contributed by atoms with Gasteiger partial charge in [-0.2, -0.15) is 0 Å². The summed E-state index contributed by atoms with van der Waals surface area (Å²) in [6.07, 6.45) is 5.13. The average Bonchev–Trinajstić information content (AvgIpc) is 3.00. The van der Waals surface area contributed by atoms with Crippen LogP contribution in [-0.4, -0.2) is 50.4 Å². The van der Waals surface area contributed by atoms with Gasteiger partial charge in [-0.3, -0.25) is 13.9 Å². The lowest BCUT2D eigenvalue weighted by atomic mass is 9.95. The van der Waals surface area contributed by atoms with E-state index in [-0.39, 0.29) is 29.1 Å². The fraction of sp³-hybridized carbons (Fsp3) is 0.375. The maximum absolute atomic E-state index is 14.1. The maximum atomic E-state index is 14.1. The van der Waals surface area contributed by atoms with Crippen molar-refractivity contribution in [3.8, 4) is 5.75 Å². The molecule has 218 valence electrons. The summed E-state index contributed by atoms with van der Waals surface area (Å²) in [4.78, 5) is 29.0. The van der Waals surface area contributed by atoms with Crippen molar-refractivity contribution in [3.63, 3.8) is 0 Å². The number of rotatable bonds is 12. The molecule has 1 N–H and O–H groups in total. The molecule has 1 aliphatic carbocycles. The number of carbonyl (C=O) groups is 2. The van der Waals surface area contributed by atoms with Crippen molar-refractivity contribution in [3.05, 3.63) is 90.5 Å². The highest BCUT2D eigenvalue weighted by Gasteiger charge is 2.34. The Kier molecular flexibility index (Phi) is 10.4. The first-order valence-corrected chi connectivity index (χ1v) is 15.7. The van der Waals surface area contributed by atoms with E-state index in [9.17, 15) is 18.0 Å². The lowest BCUT2D eigenvalue weighted by molar-refractivity contribution is -0.139. The first-order valence-electron chi connectivity index (χ1n) is 14.2. The van der Waals surface area contributed by atoms with Gasteiger partial charge in [0.1, 0.15) is 18.3 Å². The monoisotopic (exact) mass is 577 g/mol. The molecule has 3 aromatic rings. The Balaban J connectivity index is 1.69. The molecule has 1 aliphatic rings. The molecule has 3 aromatic carbocycles. The third kappa shape index (κ3) is 7.67. The SMILES string of the molecule is CCOc1ccccc1N(CC(=O)N(Cc1ccccc1)C(C)C(=O)NC1CCCCC1)S(=O)(=O)c1ccccc1. The summed E-state index contributed by atoms with van der Waals surface area (Å²) in [5.74, 6) is -0.390. The van der Waals surface area contributed by atoms with E-state index in [1.807, 2.05) is 37.3 Å². The van der Waals surface area contributed by atoms with Crippen LogP contribution in [0.3, 0.4) is 0 Å². The summed E-state index contributed by atoms with van der Waals surface area (Å²) in [6.45, 7) is 3.48. The Bertz CT molecular complexity index is 1390. The Hall–Kier alpha value is -3.85. The zero-order chi connectivity index (χ0) is 29.2. The topological polar surface area (TPSA) is 96.0 Å². The van der Waals surface area contributed by atoms with Gasteiger partial charge in [0, 0.05) is 12.6 Å². The van der Waals surface area contributed by atoms with E-state index in [4.69, 9.17) is 4.74 Å². The van der Waals surface area contributed by atoms with E-state index in [1.165, 1.54) is 17.0 Å². The Morgan fingerprint density at radius 2 is 1.51 bits per heavy atom. The van der Waals surface area contributed by atoms with Crippen LogP contribution in [0.4, 0.5) is 5.69 Å². The zero-order valence-corrected chi connectivity index (χ0v) is 24.6. The van der Waals surface area contributed by atoms with Crippen molar-refractivity contribution in [2.45, 2.75) is 69.5 Å². The molecule has 1 fully saturated rings. The molecule has 0 saturated heterocycles. The van der Waals surface area contributed by atoms with Crippen molar-refractivity contribution in [1.82, 2.24) is 10.2 Å². The normalized spacial score (nSPS) is 14.6. The lowest BCUT2D eigenvalue weighted by Gasteiger charge is -2.33. The Labute approximate surface area is 243 Å². The molecule has 0 aromatic heterocycles.